The second kappa shape index (κ2) is 5.52. The van der Waals surface area contributed by atoms with Crippen molar-refractivity contribution in [1.82, 2.24) is 14.9 Å². The molecule has 0 saturated heterocycles. The maximum absolute atomic E-state index is 5.68. The Morgan fingerprint density at radius 1 is 1.25 bits per heavy atom. The van der Waals surface area contributed by atoms with E-state index in [2.05, 4.69) is 27.3 Å². The van der Waals surface area contributed by atoms with Gasteiger partial charge in [0.2, 0.25) is 0 Å². The van der Waals surface area contributed by atoms with Crippen molar-refractivity contribution < 1.29 is 4.74 Å². The van der Waals surface area contributed by atoms with Gasteiger partial charge in [0.15, 0.2) is 0 Å². The summed E-state index contributed by atoms with van der Waals surface area (Å²) in [5.41, 5.74) is 0.945. The lowest BCUT2D eigenvalue weighted by atomic mass is 10.0. The van der Waals surface area contributed by atoms with Gasteiger partial charge in [-0.2, -0.15) is 5.10 Å². The molecule has 0 amide bonds. The van der Waals surface area contributed by atoms with Crippen molar-refractivity contribution in [2.75, 3.05) is 6.61 Å². The molecule has 0 aliphatic rings. The van der Waals surface area contributed by atoms with Gasteiger partial charge in [0.25, 0.3) is 0 Å². The molecular weight excluding hydrogens is 252 g/mol. The van der Waals surface area contributed by atoms with E-state index >= 15 is 0 Å². The van der Waals surface area contributed by atoms with Crippen molar-refractivity contribution in [3.05, 3.63) is 54.6 Å². The van der Waals surface area contributed by atoms with Crippen LogP contribution in [0.5, 0.6) is 5.75 Å². The van der Waals surface area contributed by atoms with Crippen LogP contribution >= 0.6 is 0 Å². The maximum atomic E-state index is 5.68. The maximum Gasteiger partial charge on any atom is 0.139 e. The van der Waals surface area contributed by atoms with E-state index in [4.69, 9.17) is 4.74 Å². The van der Waals surface area contributed by atoms with Gasteiger partial charge in [-0.05, 0) is 23.8 Å². The zero-order valence-corrected chi connectivity index (χ0v) is 11.1. The summed E-state index contributed by atoms with van der Waals surface area (Å²) < 4.78 is 5.68. The predicted molar refractivity (Wildman–Crippen MR) is 78.1 cm³/mol. The fraction of sp³-hybridized carbons (Fsp3) is 0.133. The van der Waals surface area contributed by atoms with E-state index in [0.29, 0.717) is 6.61 Å². The lowest BCUT2D eigenvalue weighted by Gasteiger charge is -2.09. The molecule has 0 N–H and O–H groups in total. The van der Waals surface area contributed by atoms with Gasteiger partial charge in [-0.3, -0.25) is 0 Å². The Labute approximate surface area is 116 Å². The number of ether oxygens (including phenoxy) is 1. The molecule has 0 unspecified atom stereocenters. The molecule has 1 aromatic heterocycles. The van der Waals surface area contributed by atoms with Gasteiger partial charge >= 0.3 is 0 Å². The van der Waals surface area contributed by atoms with Gasteiger partial charge in [0, 0.05) is 5.56 Å². The number of aromatic nitrogens is 3. The van der Waals surface area contributed by atoms with Crippen molar-refractivity contribution >= 4 is 17.0 Å². The molecule has 0 radical (unpaired) electrons. The highest BCUT2D eigenvalue weighted by Gasteiger charge is 2.06. The van der Waals surface area contributed by atoms with E-state index in [0.717, 1.165) is 22.1 Å². The number of fused-ring (bicyclic) bond motifs is 1. The lowest BCUT2D eigenvalue weighted by Crippen LogP contribution is -1.98. The van der Waals surface area contributed by atoms with E-state index in [9.17, 15) is 0 Å². The van der Waals surface area contributed by atoms with Crippen molar-refractivity contribution in [3.63, 3.8) is 0 Å². The SMILES string of the molecule is CCOc1ccc2ccccc2c1/C=N/n1cncn1. The molecule has 3 aromatic rings. The van der Waals surface area contributed by atoms with Gasteiger partial charge in [-0.25, -0.2) is 4.98 Å². The zero-order chi connectivity index (χ0) is 13.8. The van der Waals surface area contributed by atoms with Crippen molar-refractivity contribution in [1.29, 1.82) is 0 Å². The first-order valence-electron chi connectivity index (χ1n) is 6.42. The summed E-state index contributed by atoms with van der Waals surface area (Å²) in [6, 6.07) is 12.2. The number of benzene rings is 2. The Morgan fingerprint density at radius 3 is 2.95 bits per heavy atom. The van der Waals surface area contributed by atoms with Crippen LogP contribution in [0.2, 0.25) is 0 Å². The minimum atomic E-state index is 0.614. The molecule has 0 bridgehead atoms. The lowest BCUT2D eigenvalue weighted by molar-refractivity contribution is 0.340. The molecular formula is C15H14N4O. The van der Waals surface area contributed by atoms with Gasteiger partial charge in [0.05, 0.1) is 12.8 Å². The molecule has 100 valence electrons. The summed E-state index contributed by atoms with van der Waals surface area (Å²) in [6.07, 6.45) is 4.74. The summed E-state index contributed by atoms with van der Waals surface area (Å²) in [5.74, 6) is 0.815. The first kappa shape index (κ1) is 12.3. The molecule has 2 aromatic carbocycles. The largest absolute Gasteiger partial charge is 0.493 e. The Bertz CT molecular complexity index is 735. The fourth-order valence-electron chi connectivity index (χ4n) is 2.07. The monoisotopic (exact) mass is 266 g/mol. The number of hydrogen-bond acceptors (Lipinski definition) is 4. The van der Waals surface area contributed by atoms with Gasteiger partial charge in [-0.1, -0.05) is 30.3 Å². The van der Waals surface area contributed by atoms with Crippen LogP contribution in [-0.4, -0.2) is 27.7 Å². The fourth-order valence-corrected chi connectivity index (χ4v) is 2.07. The van der Waals surface area contributed by atoms with Gasteiger partial charge in [0.1, 0.15) is 18.4 Å². The van der Waals surface area contributed by atoms with E-state index in [1.54, 1.807) is 12.5 Å². The van der Waals surface area contributed by atoms with Crippen LogP contribution in [0, 0.1) is 0 Å². The van der Waals surface area contributed by atoms with Gasteiger partial charge < -0.3 is 4.74 Å². The summed E-state index contributed by atoms with van der Waals surface area (Å²) in [7, 11) is 0. The molecule has 5 heteroatoms. The normalized spacial score (nSPS) is 11.2. The van der Waals surface area contributed by atoms with Crippen LogP contribution in [0.1, 0.15) is 12.5 Å². The standard InChI is InChI=1S/C15H14N4O/c1-2-20-15-8-7-12-5-3-4-6-13(12)14(15)9-17-19-11-16-10-18-19/h3-11H,2H2,1H3/b17-9+. The molecule has 0 spiro atoms. The summed E-state index contributed by atoms with van der Waals surface area (Å²) in [4.78, 5) is 5.28. The third kappa shape index (κ3) is 2.38. The van der Waals surface area contributed by atoms with Crippen LogP contribution < -0.4 is 4.74 Å². The summed E-state index contributed by atoms with van der Waals surface area (Å²) >= 11 is 0. The van der Waals surface area contributed by atoms with E-state index in [1.165, 1.54) is 11.1 Å². The highest BCUT2D eigenvalue weighted by molar-refractivity contribution is 6.02. The average molecular weight is 266 g/mol. The van der Waals surface area contributed by atoms with Crippen LogP contribution in [0.3, 0.4) is 0 Å². The summed E-state index contributed by atoms with van der Waals surface area (Å²) in [6.45, 7) is 2.58. The number of nitrogens with zero attached hydrogens (tertiary/aromatic N) is 4. The van der Waals surface area contributed by atoms with Crippen molar-refractivity contribution in [2.24, 2.45) is 5.10 Å². The number of hydrogen-bond donors (Lipinski definition) is 0. The molecule has 1 heterocycles. The molecule has 3 rings (SSSR count). The molecule has 0 fully saturated rings. The van der Waals surface area contributed by atoms with E-state index < -0.39 is 0 Å². The highest BCUT2D eigenvalue weighted by Crippen LogP contribution is 2.26. The quantitative estimate of drug-likeness (QED) is 0.682. The van der Waals surface area contributed by atoms with Crippen LogP contribution in [0.25, 0.3) is 10.8 Å². The first-order valence-corrected chi connectivity index (χ1v) is 6.42. The zero-order valence-electron chi connectivity index (χ0n) is 11.1. The van der Waals surface area contributed by atoms with Gasteiger partial charge in [-0.15, -0.1) is 9.89 Å². The third-order valence-electron chi connectivity index (χ3n) is 2.94. The highest BCUT2D eigenvalue weighted by atomic mass is 16.5. The molecule has 0 aliphatic carbocycles. The van der Waals surface area contributed by atoms with Crippen molar-refractivity contribution in [3.8, 4) is 5.75 Å². The second-order valence-corrected chi connectivity index (χ2v) is 4.19. The van der Waals surface area contributed by atoms with E-state index in [1.807, 2.05) is 31.2 Å². The summed E-state index contributed by atoms with van der Waals surface area (Å²) in [5, 5.41) is 10.5. The van der Waals surface area contributed by atoms with E-state index in [-0.39, 0.29) is 0 Å². The topological polar surface area (TPSA) is 52.3 Å². The van der Waals surface area contributed by atoms with Crippen LogP contribution in [0.4, 0.5) is 0 Å². The Kier molecular flexibility index (Phi) is 3.41. The Morgan fingerprint density at radius 2 is 2.15 bits per heavy atom. The second-order valence-electron chi connectivity index (χ2n) is 4.19. The number of rotatable bonds is 4. The smallest absolute Gasteiger partial charge is 0.139 e. The minimum absolute atomic E-state index is 0.614. The molecule has 5 nitrogen and oxygen atoms in total. The molecule has 0 aliphatic heterocycles. The van der Waals surface area contributed by atoms with Crippen LogP contribution in [-0.2, 0) is 0 Å². The average Bonchev–Trinajstić information content (AvgIpc) is 2.99. The third-order valence-corrected chi connectivity index (χ3v) is 2.94. The molecule has 0 saturated carbocycles. The van der Waals surface area contributed by atoms with Crippen LogP contribution in [0.15, 0.2) is 54.2 Å². The predicted octanol–water partition coefficient (Wildman–Crippen LogP) is 2.71. The van der Waals surface area contributed by atoms with Crippen molar-refractivity contribution in [2.45, 2.75) is 6.92 Å². The Balaban J connectivity index is 2.12. The minimum Gasteiger partial charge on any atom is -0.493 e. The molecule has 20 heavy (non-hydrogen) atoms. The first-order chi connectivity index (χ1) is 9.88. The molecule has 0 atom stereocenters. The Hall–Kier alpha value is -2.69.